The van der Waals surface area contributed by atoms with Crippen molar-refractivity contribution in [3.05, 3.63) is 110 Å². The number of allylic oxidation sites excluding steroid dienone is 1. The van der Waals surface area contributed by atoms with Gasteiger partial charge in [0.25, 0.3) is 27.7 Å². The molecular weight excluding hydrogens is 760 g/mol. The van der Waals surface area contributed by atoms with Gasteiger partial charge in [-0.2, -0.15) is 5.10 Å². The van der Waals surface area contributed by atoms with Crippen molar-refractivity contribution >= 4 is 51.1 Å². The number of carbonyl (C=O) groups is 3. The number of fused-ring (bicyclic) bond motifs is 2. The van der Waals surface area contributed by atoms with Gasteiger partial charge in [-0.3, -0.25) is 14.4 Å². The van der Waals surface area contributed by atoms with E-state index in [1.807, 2.05) is 44.2 Å². The van der Waals surface area contributed by atoms with Gasteiger partial charge in [0.2, 0.25) is 0 Å². The normalized spacial score (nSPS) is 13.9. The Morgan fingerprint density at radius 3 is 2.28 bits per heavy atom. The van der Waals surface area contributed by atoms with Gasteiger partial charge in [0.15, 0.2) is 5.69 Å². The number of benzene rings is 3. The van der Waals surface area contributed by atoms with Crippen LogP contribution >= 0.6 is 11.6 Å². The summed E-state index contributed by atoms with van der Waals surface area (Å²) in [5.41, 5.74) is 5.54. The molecule has 4 aromatic rings. The Kier molecular flexibility index (Phi) is 13.2. The average molecular weight is 813 g/mol. The Balaban J connectivity index is 1.40. The van der Waals surface area contributed by atoms with Crippen LogP contribution in [0, 0.1) is 6.92 Å². The third-order valence-electron chi connectivity index (χ3n) is 10.9. The molecule has 0 spiro atoms. The number of anilines is 1. The van der Waals surface area contributed by atoms with Crippen LogP contribution in [0.15, 0.2) is 65.6 Å². The highest BCUT2D eigenvalue weighted by molar-refractivity contribution is 7.90. The molecule has 3 heterocycles. The standard InChI is InChI=1S/C44H53ClN6O5S/c1-6-10-15-33-26-32-21-24-48(9-4)38(32)28-39(33)57(55,56)47-42(52)34-18-19-37(36(27-34)43(53)50-25-20-31-16-13-14-17-35(31)29-50)51-30(5)40(45)41(46-51)44(54)49(22-11-7-2)23-12-8-3/h10,13-19,26-28H,6-9,11-12,20-25,29H2,1-5H3,(H,47,52). The molecule has 0 fully saturated rings. The Bertz CT molecular complexity index is 2290. The molecule has 302 valence electrons. The molecule has 57 heavy (non-hydrogen) atoms. The van der Waals surface area contributed by atoms with Crippen LogP contribution in [-0.2, 0) is 29.4 Å². The summed E-state index contributed by atoms with van der Waals surface area (Å²) in [6.07, 6.45) is 9.36. The first-order chi connectivity index (χ1) is 27.4. The highest BCUT2D eigenvalue weighted by Crippen LogP contribution is 2.34. The summed E-state index contributed by atoms with van der Waals surface area (Å²) in [6, 6.07) is 15.9. The van der Waals surface area contributed by atoms with Gasteiger partial charge >= 0.3 is 0 Å². The maximum absolute atomic E-state index is 14.6. The van der Waals surface area contributed by atoms with E-state index in [9.17, 15) is 22.8 Å². The van der Waals surface area contributed by atoms with Crippen LogP contribution < -0.4 is 9.62 Å². The first-order valence-corrected chi connectivity index (χ1v) is 22.0. The average Bonchev–Trinajstić information content (AvgIpc) is 3.77. The van der Waals surface area contributed by atoms with Crippen LogP contribution in [0.4, 0.5) is 5.69 Å². The molecule has 1 N–H and O–H groups in total. The predicted octanol–water partition coefficient (Wildman–Crippen LogP) is 8.00. The Morgan fingerprint density at radius 1 is 0.895 bits per heavy atom. The molecule has 2 aliphatic rings. The third kappa shape index (κ3) is 8.82. The predicted molar refractivity (Wildman–Crippen MR) is 226 cm³/mol. The number of likely N-dealkylation sites (N-methyl/N-ethyl adjacent to an activating group) is 1. The number of carbonyl (C=O) groups excluding carboxylic acids is 3. The lowest BCUT2D eigenvalue weighted by atomic mass is 9.98. The molecule has 1 aromatic heterocycles. The zero-order valence-electron chi connectivity index (χ0n) is 33.6. The van der Waals surface area contributed by atoms with Crippen LogP contribution in [0.3, 0.4) is 0 Å². The van der Waals surface area contributed by atoms with Crippen molar-refractivity contribution in [2.45, 2.75) is 91.0 Å². The fraction of sp³-hybridized carbons (Fsp3) is 0.409. The Morgan fingerprint density at radius 2 is 1.60 bits per heavy atom. The van der Waals surface area contributed by atoms with Crippen molar-refractivity contribution in [1.82, 2.24) is 24.3 Å². The van der Waals surface area contributed by atoms with E-state index in [0.717, 1.165) is 67.6 Å². The van der Waals surface area contributed by atoms with E-state index in [4.69, 9.17) is 16.7 Å². The van der Waals surface area contributed by atoms with E-state index < -0.39 is 15.9 Å². The zero-order valence-corrected chi connectivity index (χ0v) is 35.2. The second-order valence-electron chi connectivity index (χ2n) is 14.7. The lowest BCUT2D eigenvalue weighted by Crippen LogP contribution is -2.37. The molecule has 0 saturated carbocycles. The van der Waals surface area contributed by atoms with Gasteiger partial charge in [-0.25, -0.2) is 17.8 Å². The number of nitrogens with zero attached hydrogens (tertiary/aromatic N) is 5. The first-order valence-electron chi connectivity index (χ1n) is 20.1. The van der Waals surface area contributed by atoms with Gasteiger partial charge in [0, 0.05) is 50.5 Å². The van der Waals surface area contributed by atoms with Crippen molar-refractivity contribution in [2.24, 2.45) is 0 Å². The lowest BCUT2D eigenvalue weighted by Gasteiger charge is -2.29. The molecule has 2 aliphatic heterocycles. The summed E-state index contributed by atoms with van der Waals surface area (Å²) in [5, 5.41) is 4.89. The summed E-state index contributed by atoms with van der Waals surface area (Å²) < 4.78 is 31.9. The monoisotopic (exact) mass is 812 g/mol. The highest BCUT2D eigenvalue weighted by atomic mass is 35.5. The molecular formula is C44H53ClN6O5S. The maximum Gasteiger partial charge on any atom is 0.275 e. The number of halogens is 1. The zero-order chi connectivity index (χ0) is 40.9. The minimum Gasteiger partial charge on any atom is -0.371 e. The van der Waals surface area contributed by atoms with Crippen molar-refractivity contribution < 1.29 is 22.8 Å². The van der Waals surface area contributed by atoms with Crippen LogP contribution in [-0.4, -0.2) is 78.4 Å². The molecule has 0 atom stereocenters. The van der Waals surface area contributed by atoms with Gasteiger partial charge in [-0.15, -0.1) is 0 Å². The van der Waals surface area contributed by atoms with E-state index in [1.54, 1.807) is 34.9 Å². The molecule has 0 saturated heterocycles. The van der Waals surface area contributed by atoms with E-state index in [2.05, 4.69) is 29.5 Å². The maximum atomic E-state index is 14.6. The second kappa shape index (κ2) is 18.1. The van der Waals surface area contributed by atoms with Crippen molar-refractivity contribution in [1.29, 1.82) is 0 Å². The number of nitrogens with one attached hydrogen (secondary N) is 1. The number of amides is 3. The molecule has 11 nitrogen and oxygen atoms in total. The van der Waals surface area contributed by atoms with Crippen LogP contribution in [0.25, 0.3) is 11.8 Å². The minimum absolute atomic E-state index is 0.00507. The van der Waals surface area contributed by atoms with E-state index >= 15 is 0 Å². The molecule has 0 unspecified atom stereocenters. The highest BCUT2D eigenvalue weighted by Gasteiger charge is 2.31. The number of rotatable bonds is 15. The van der Waals surface area contributed by atoms with Gasteiger partial charge < -0.3 is 14.7 Å². The van der Waals surface area contributed by atoms with Crippen LogP contribution in [0.2, 0.25) is 5.02 Å². The largest absolute Gasteiger partial charge is 0.371 e. The summed E-state index contributed by atoms with van der Waals surface area (Å²) in [4.78, 5) is 48.1. The number of aromatic nitrogens is 2. The third-order valence-corrected chi connectivity index (χ3v) is 12.7. The fourth-order valence-corrected chi connectivity index (χ4v) is 8.94. The van der Waals surface area contributed by atoms with Crippen molar-refractivity contribution in [3.8, 4) is 5.69 Å². The van der Waals surface area contributed by atoms with Crippen LogP contribution in [0.5, 0.6) is 0 Å². The second-order valence-corrected chi connectivity index (χ2v) is 16.8. The first kappa shape index (κ1) is 41.7. The molecule has 0 bridgehead atoms. The van der Waals surface area contributed by atoms with Crippen LogP contribution in [0.1, 0.15) is 119 Å². The minimum atomic E-state index is -4.36. The molecule has 6 rings (SSSR count). The lowest BCUT2D eigenvalue weighted by molar-refractivity contribution is 0.0732. The van der Waals surface area contributed by atoms with Crippen molar-refractivity contribution in [3.63, 3.8) is 0 Å². The fourth-order valence-electron chi connectivity index (χ4n) is 7.57. The molecule has 3 aromatic carbocycles. The Hall–Kier alpha value is -4.94. The van der Waals surface area contributed by atoms with E-state index in [-0.39, 0.29) is 38.6 Å². The number of hydrogen-bond donors (Lipinski definition) is 1. The summed E-state index contributed by atoms with van der Waals surface area (Å²) >= 11 is 6.85. The van der Waals surface area contributed by atoms with Gasteiger partial charge in [0.1, 0.15) is 0 Å². The molecule has 0 radical (unpaired) electrons. The molecule has 13 heteroatoms. The quantitative estimate of drug-likeness (QED) is 0.129. The summed E-state index contributed by atoms with van der Waals surface area (Å²) in [7, 11) is -4.36. The topological polar surface area (TPSA) is 125 Å². The number of sulfonamides is 1. The van der Waals surface area contributed by atoms with E-state index in [0.29, 0.717) is 56.0 Å². The summed E-state index contributed by atoms with van der Waals surface area (Å²) in [5.74, 6) is -1.53. The number of unbranched alkanes of at least 4 members (excludes halogenated alkanes) is 2. The van der Waals surface area contributed by atoms with E-state index in [1.165, 1.54) is 16.8 Å². The van der Waals surface area contributed by atoms with Gasteiger partial charge in [0.05, 0.1) is 26.9 Å². The SMILES string of the molecule is CCC=Cc1cc2c(cc1S(=O)(=O)NC(=O)c1ccc(-n3nc(C(=O)N(CCCC)CCCC)c(Cl)c3C)c(C(=O)N3CCc4ccccc4C3)c1)N(CC)CC2. The smallest absolute Gasteiger partial charge is 0.275 e. The van der Waals surface area contributed by atoms with Crippen molar-refractivity contribution in [2.75, 3.05) is 37.6 Å². The summed E-state index contributed by atoms with van der Waals surface area (Å²) in [6.45, 7) is 13.3. The Labute approximate surface area is 341 Å². The van der Waals surface area contributed by atoms with Gasteiger partial charge in [-0.1, -0.05) is 81.6 Å². The molecule has 3 amide bonds. The van der Waals surface area contributed by atoms with Gasteiger partial charge in [-0.05, 0) is 98.5 Å². The number of hydrogen-bond acceptors (Lipinski definition) is 7. The molecule has 0 aliphatic carbocycles.